The normalized spacial score (nSPS) is 11.0. The van der Waals surface area contributed by atoms with Crippen LogP contribution in [0.25, 0.3) is 0 Å². The van der Waals surface area contributed by atoms with Gasteiger partial charge in [-0.25, -0.2) is 0 Å². The third-order valence-electron chi connectivity index (χ3n) is 1.38. The standard InChI is InChI=1S/C9H20S3/c1-3-7-11-9(5-6-10)12-8-4-2/h9-10H,3-8H2,1-2H3. The van der Waals surface area contributed by atoms with E-state index >= 15 is 0 Å². The van der Waals surface area contributed by atoms with E-state index in [1.54, 1.807) is 0 Å². The van der Waals surface area contributed by atoms with Gasteiger partial charge in [-0.3, -0.25) is 0 Å². The minimum absolute atomic E-state index is 0.794. The maximum atomic E-state index is 4.28. The van der Waals surface area contributed by atoms with Crippen molar-refractivity contribution in [2.45, 2.75) is 37.7 Å². The summed E-state index contributed by atoms with van der Waals surface area (Å²) in [5.74, 6) is 3.63. The van der Waals surface area contributed by atoms with E-state index < -0.39 is 0 Å². The van der Waals surface area contributed by atoms with Crippen molar-refractivity contribution in [3.63, 3.8) is 0 Å². The summed E-state index contributed by atoms with van der Waals surface area (Å²) in [4.78, 5) is 0. The molecule has 0 saturated heterocycles. The zero-order valence-electron chi connectivity index (χ0n) is 8.08. The SMILES string of the molecule is CCCSC(CCS)SCCC. The molecule has 0 aromatic carbocycles. The lowest BCUT2D eigenvalue weighted by molar-refractivity contribution is 1.04. The van der Waals surface area contributed by atoms with Gasteiger partial charge in [-0.2, -0.15) is 12.6 Å². The molecular formula is C9H20S3. The molecule has 0 amide bonds. The minimum atomic E-state index is 0.794. The summed E-state index contributed by atoms with van der Waals surface area (Å²) < 4.78 is 0.794. The maximum Gasteiger partial charge on any atom is 0.0510 e. The average Bonchev–Trinajstić information content (AvgIpc) is 2.10. The number of hydrogen-bond acceptors (Lipinski definition) is 3. The Morgan fingerprint density at radius 3 is 1.92 bits per heavy atom. The van der Waals surface area contributed by atoms with E-state index in [1.807, 2.05) is 0 Å². The van der Waals surface area contributed by atoms with Gasteiger partial charge in [-0.15, -0.1) is 23.5 Å². The smallest absolute Gasteiger partial charge is 0.0510 e. The molecule has 0 aliphatic heterocycles. The van der Waals surface area contributed by atoms with E-state index in [0.717, 1.165) is 10.3 Å². The maximum absolute atomic E-state index is 4.28. The van der Waals surface area contributed by atoms with Crippen molar-refractivity contribution in [2.75, 3.05) is 17.3 Å². The van der Waals surface area contributed by atoms with Crippen molar-refractivity contribution < 1.29 is 0 Å². The number of hydrogen-bond donors (Lipinski definition) is 1. The molecule has 0 aromatic rings. The van der Waals surface area contributed by atoms with E-state index in [9.17, 15) is 0 Å². The van der Waals surface area contributed by atoms with Crippen molar-refractivity contribution in [2.24, 2.45) is 0 Å². The summed E-state index contributed by atoms with van der Waals surface area (Å²) in [7, 11) is 0. The summed E-state index contributed by atoms with van der Waals surface area (Å²) in [6, 6.07) is 0. The Morgan fingerprint density at radius 2 is 1.58 bits per heavy atom. The first-order valence-electron chi connectivity index (χ1n) is 4.69. The highest BCUT2D eigenvalue weighted by molar-refractivity contribution is 8.17. The molecule has 12 heavy (non-hydrogen) atoms. The molecule has 0 unspecified atom stereocenters. The topological polar surface area (TPSA) is 0 Å². The van der Waals surface area contributed by atoms with Crippen LogP contribution < -0.4 is 0 Å². The second-order valence-electron chi connectivity index (χ2n) is 2.68. The molecule has 0 bridgehead atoms. The van der Waals surface area contributed by atoms with E-state index in [2.05, 4.69) is 50.0 Å². The molecule has 0 fully saturated rings. The molecule has 0 N–H and O–H groups in total. The van der Waals surface area contributed by atoms with Gasteiger partial charge in [0.15, 0.2) is 0 Å². The Labute approximate surface area is 91.1 Å². The monoisotopic (exact) mass is 224 g/mol. The molecular weight excluding hydrogens is 204 g/mol. The van der Waals surface area contributed by atoms with Crippen LogP contribution in [-0.2, 0) is 0 Å². The summed E-state index contributed by atoms with van der Waals surface area (Å²) >= 11 is 8.48. The second kappa shape index (κ2) is 10.1. The molecule has 3 heteroatoms. The Kier molecular flexibility index (Phi) is 11.0. The van der Waals surface area contributed by atoms with Crippen molar-refractivity contribution >= 4 is 36.2 Å². The van der Waals surface area contributed by atoms with Crippen LogP contribution in [0.1, 0.15) is 33.1 Å². The molecule has 0 nitrogen and oxygen atoms in total. The van der Waals surface area contributed by atoms with Crippen LogP contribution >= 0.6 is 36.2 Å². The van der Waals surface area contributed by atoms with Crippen LogP contribution in [0.15, 0.2) is 0 Å². The average molecular weight is 224 g/mol. The van der Waals surface area contributed by atoms with Gasteiger partial charge in [-0.05, 0) is 36.5 Å². The first-order chi connectivity index (χ1) is 5.85. The highest BCUT2D eigenvalue weighted by Gasteiger charge is 2.06. The molecule has 0 heterocycles. The molecule has 74 valence electrons. The largest absolute Gasteiger partial charge is 0.179 e. The van der Waals surface area contributed by atoms with Crippen molar-refractivity contribution in [3.05, 3.63) is 0 Å². The highest BCUT2D eigenvalue weighted by atomic mass is 32.2. The fraction of sp³-hybridized carbons (Fsp3) is 1.00. The van der Waals surface area contributed by atoms with Crippen LogP contribution in [0, 0.1) is 0 Å². The predicted molar refractivity (Wildman–Crippen MR) is 67.8 cm³/mol. The van der Waals surface area contributed by atoms with Gasteiger partial charge in [0.1, 0.15) is 0 Å². The van der Waals surface area contributed by atoms with Gasteiger partial charge in [0.2, 0.25) is 0 Å². The van der Waals surface area contributed by atoms with Crippen LogP contribution in [0.2, 0.25) is 0 Å². The van der Waals surface area contributed by atoms with Gasteiger partial charge >= 0.3 is 0 Å². The third-order valence-corrected chi connectivity index (χ3v) is 4.96. The van der Waals surface area contributed by atoms with Gasteiger partial charge in [0.05, 0.1) is 4.58 Å². The van der Waals surface area contributed by atoms with Crippen LogP contribution in [0.5, 0.6) is 0 Å². The predicted octanol–water partition coefficient (Wildman–Crippen LogP) is 3.92. The molecule has 0 atom stereocenters. The quantitative estimate of drug-likeness (QED) is 0.490. The third kappa shape index (κ3) is 7.69. The fourth-order valence-corrected chi connectivity index (χ4v) is 3.95. The molecule has 0 spiro atoms. The van der Waals surface area contributed by atoms with E-state index in [1.165, 1.54) is 30.8 Å². The Balaban J connectivity index is 3.40. The van der Waals surface area contributed by atoms with Gasteiger partial charge < -0.3 is 0 Å². The van der Waals surface area contributed by atoms with Gasteiger partial charge in [0, 0.05) is 0 Å². The fourth-order valence-electron chi connectivity index (χ4n) is 0.819. The van der Waals surface area contributed by atoms with E-state index in [-0.39, 0.29) is 0 Å². The molecule has 0 aliphatic carbocycles. The number of thiol groups is 1. The number of rotatable bonds is 8. The molecule has 0 radical (unpaired) electrons. The Bertz CT molecular complexity index is 77.8. The minimum Gasteiger partial charge on any atom is -0.179 e. The van der Waals surface area contributed by atoms with Crippen LogP contribution in [-0.4, -0.2) is 21.8 Å². The molecule has 0 aliphatic rings. The van der Waals surface area contributed by atoms with Crippen molar-refractivity contribution in [1.29, 1.82) is 0 Å². The summed E-state index contributed by atoms with van der Waals surface area (Å²) in [6.07, 6.45) is 3.83. The lowest BCUT2D eigenvalue weighted by Gasteiger charge is -2.13. The molecule has 0 rings (SSSR count). The summed E-state index contributed by atoms with van der Waals surface area (Å²) in [5.41, 5.74) is 0. The number of thioether (sulfide) groups is 2. The Hall–Kier alpha value is 1.05. The highest BCUT2D eigenvalue weighted by Crippen LogP contribution is 2.27. The van der Waals surface area contributed by atoms with Crippen molar-refractivity contribution in [1.82, 2.24) is 0 Å². The lowest BCUT2D eigenvalue weighted by Crippen LogP contribution is -2.00. The van der Waals surface area contributed by atoms with Crippen molar-refractivity contribution in [3.8, 4) is 0 Å². The molecule has 0 aromatic heterocycles. The first-order valence-corrected chi connectivity index (χ1v) is 7.42. The van der Waals surface area contributed by atoms with E-state index in [4.69, 9.17) is 0 Å². The second-order valence-corrected chi connectivity index (χ2v) is 6.05. The van der Waals surface area contributed by atoms with E-state index in [0.29, 0.717) is 0 Å². The van der Waals surface area contributed by atoms with Gasteiger partial charge in [0.25, 0.3) is 0 Å². The lowest BCUT2D eigenvalue weighted by atomic mass is 10.6. The summed E-state index contributed by atoms with van der Waals surface area (Å²) in [6.45, 7) is 4.49. The van der Waals surface area contributed by atoms with Gasteiger partial charge in [-0.1, -0.05) is 13.8 Å². The Morgan fingerprint density at radius 1 is 1.08 bits per heavy atom. The van der Waals surface area contributed by atoms with Crippen LogP contribution in [0.3, 0.4) is 0 Å². The zero-order chi connectivity index (χ0) is 9.23. The van der Waals surface area contributed by atoms with Crippen LogP contribution in [0.4, 0.5) is 0 Å². The molecule has 0 saturated carbocycles. The summed E-state index contributed by atoms with van der Waals surface area (Å²) in [5, 5.41) is 0. The first kappa shape index (κ1) is 13.1. The zero-order valence-corrected chi connectivity index (χ0v) is 10.6.